The number of benzene rings is 1. The van der Waals surface area contributed by atoms with Gasteiger partial charge < -0.3 is 5.73 Å². The third-order valence-corrected chi connectivity index (χ3v) is 5.71. The molecule has 0 amide bonds. The van der Waals surface area contributed by atoms with Crippen LogP contribution in [0.4, 0.5) is 0 Å². The minimum absolute atomic E-state index is 0.291. The van der Waals surface area contributed by atoms with Crippen LogP contribution in [0.1, 0.15) is 18.2 Å². The van der Waals surface area contributed by atoms with Gasteiger partial charge in [-0.15, -0.1) is 11.3 Å². The minimum Gasteiger partial charge on any atom is -0.330 e. The molecule has 1 saturated heterocycles. The molecule has 5 heteroatoms. The van der Waals surface area contributed by atoms with Crippen molar-refractivity contribution in [2.24, 2.45) is 11.1 Å². The maximum Gasteiger partial charge on any atom is 0.123 e. The van der Waals surface area contributed by atoms with E-state index in [1.807, 2.05) is 6.20 Å². The molecule has 0 bridgehead atoms. The predicted molar refractivity (Wildman–Crippen MR) is 92.3 cm³/mol. The summed E-state index contributed by atoms with van der Waals surface area (Å²) in [6.07, 6.45) is 3.21. The lowest BCUT2D eigenvalue weighted by atomic mass is 9.90. The van der Waals surface area contributed by atoms with Crippen molar-refractivity contribution in [3.8, 4) is 10.6 Å². The van der Waals surface area contributed by atoms with Crippen LogP contribution in [0.3, 0.4) is 0 Å². The van der Waals surface area contributed by atoms with Gasteiger partial charge in [-0.3, -0.25) is 4.90 Å². The Labute approximate surface area is 138 Å². The number of hydrogen-bond donors (Lipinski definition) is 1. The van der Waals surface area contributed by atoms with Gasteiger partial charge in [0.15, 0.2) is 0 Å². The van der Waals surface area contributed by atoms with Gasteiger partial charge in [0.05, 0.1) is 0 Å². The maximum atomic E-state index is 5.88. The molecule has 2 N–H and O–H groups in total. The molecule has 2 aromatic rings. The molecular weight excluding hydrogens is 346 g/mol. The Morgan fingerprint density at radius 3 is 2.81 bits per heavy atom. The second kappa shape index (κ2) is 6.16. The van der Waals surface area contributed by atoms with Crippen molar-refractivity contribution in [2.75, 3.05) is 19.6 Å². The van der Waals surface area contributed by atoms with Crippen LogP contribution in [0.25, 0.3) is 10.6 Å². The summed E-state index contributed by atoms with van der Waals surface area (Å²) in [6, 6.07) is 8.33. The normalized spacial score (nSPS) is 22.8. The van der Waals surface area contributed by atoms with Crippen molar-refractivity contribution in [3.63, 3.8) is 0 Å². The largest absolute Gasteiger partial charge is 0.330 e. The highest BCUT2D eigenvalue weighted by molar-refractivity contribution is 9.10. The Morgan fingerprint density at radius 1 is 1.38 bits per heavy atom. The number of aromatic nitrogens is 1. The van der Waals surface area contributed by atoms with Crippen LogP contribution < -0.4 is 5.73 Å². The fraction of sp³-hybridized carbons (Fsp3) is 0.438. The van der Waals surface area contributed by atoms with Crippen molar-refractivity contribution in [1.29, 1.82) is 0 Å². The van der Waals surface area contributed by atoms with Crippen LogP contribution in [-0.4, -0.2) is 29.5 Å². The number of nitrogens with zero attached hydrogens (tertiary/aromatic N) is 2. The Morgan fingerprint density at radius 2 is 2.14 bits per heavy atom. The predicted octanol–water partition coefficient (Wildman–Crippen LogP) is 3.74. The van der Waals surface area contributed by atoms with Crippen LogP contribution in [0.2, 0.25) is 0 Å². The van der Waals surface area contributed by atoms with Gasteiger partial charge in [-0.2, -0.15) is 0 Å². The van der Waals surface area contributed by atoms with Gasteiger partial charge in [0, 0.05) is 34.2 Å². The fourth-order valence-electron chi connectivity index (χ4n) is 2.75. The molecule has 1 atom stereocenters. The molecule has 0 radical (unpaired) electrons. The number of halogens is 1. The second-order valence-electron chi connectivity index (χ2n) is 6.11. The van der Waals surface area contributed by atoms with Gasteiger partial charge in [-0.1, -0.05) is 35.0 Å². The number of nitrogens with two attached hydrogens (primary N) is 1. The Bertz CT molecular complexity index is 610. The zero-order valence-corrected chi connectivity index (χ0v) is 14.6. The number of hydrogen-bond acceptors (Lipinski definition) is 4. The van der Waals surface area contributed by atoms with Crippen LogP contribution >= 0.6 is 27.3 Å². The van der Waals surface area contributed by atoms with E-state index in [9.17, 15) is 0 Å². The fourth-order valence-corrected chi connectivity index (χ4v) is 3.98. The number of likely N-dealkylation sites (tertiary alicyclic amines) is 1. The lowest BCUT2D eigenvalue weighted by Crippen LogP contribution is -2.30. The Hall–Kier alpha value is -0.750. The highest BCUT2D eigenvalue weighted by Crippen LogP contribution is 2.32. The smallest absolute Gasteiger partial charge is 0.123 e. The summed E-state index contributed by atoms with van der Waals surface area (Å²) in [5.41, 5.74) is 7.35. The van der Waals surface area contributed by atoms with Gasteiger partial charge in [0.2, 0.25) is 0 Å². The first kappa shape index (κ1) is 15.2. The number of thiazole rings is 1. The molecule has 3 rings (SSSR count). The molecule has 1 aliphatic heterocycles. The topological polar surface area (TPSA) is 42.1 Å². The summed E-state index contributed by atoms with van der Waals surface area (Å²) in [6.45, 7) is 6.28. The van der Waals surface area contributed by atoms with Gasteiger partial charge >= 0.3 is 0 Å². The van der Waals surface area contributed by atoms with E-state index in [2.05, 4.69) is 57.0 Å². The van der Waals surface area contributed by atoms with Crippen molar-refractivity contribution in [1.82, 2.24) is 9.88 Å². The summed E-state index contributed by atoms with van der Waals surface area (Å²) >= 11 is 5.25. The molecular formula is C16H20BrN3S. The van der Waals surface area contributed by atoms with Gasteiger partial charge in [-0.05, 0) is 37.1 Å². The van der Waals surface area contributed by atoms with Crippen LogP contribution in [-0.2, 0) is 6.54 Å². The monoisotopic (exact) mass is 365 g/mol. The SMILES string of the molecule is CC1(CN)CCN(Cc2cnc(-c3ccc(Br)cc3)s2)C1. The third-order valence-electron chi connectivity index (χ3n) is 4.15. The van der Waals surface area contributed by atoms with E-state index in [0.29, 0.717) is 5.41 Å². The first-order valence-electron chi connectivity index (χ1n) is 7.21. The molecule has 1 unspecified atom stereocenters. The maximum absolute atomic E-state index is 5.88. The first-order chi connectivity index (χ1) is 10.1. The van der Waals surface area contributed by atoms with Crippen molar-refractivity contribution >= 4 is 27.3 Å². The molecule has 3 nitrogen and oxygen atoms in total. The summed E-state index contributed by atoms with van der Waals surface area (Å²) in [5, 5.41) is 1.10. The highest BCUT2D eigenvalue weighted by Gasteiger charge is 2.32. The lowest BCUT2D eigenvalue weighted by molar-refractivity contribution is 0.276. The molecule has 1 aliphatic rings. The van der Waals surface area contributed by atoms with Gasteiger partial charge in [0.25, 0.3) is 0 Å². The molecule has 0 saturated carbocycles. The standard InChI is InChI=1S/C16H20BrN3S/c1-16(10-18)6-7-20(11-16)9-14-8-19-15(21-14)12-2-4-13(17)5-3-12/h2-5,8H,6-7,9-11,18H2,1H3. The van der Waals surface area contributed by atoms with E-state index >= 15 is 0 Å². The highest BCUT2D eigenvalue weighted by atomic mass is 79.9. The quantitative estimate of drug-likeness (QED) is 0.896. The summed E-state index contributed by atoms with van der Waals surface area (Å²) in [7, 11) is 0. The number of rotatable bonds is 4. The van der Waals surface area contributed by atoms with Crippen LogP contribution in [0, 0.1) is 5.41 Å². The molecule has 0 spiro atoms. The molecule has 1 aromatic heterocycles. The molecule has 112 valence electrons. The molecule has 21 heavy (non-hydrogen) atoms. The minimum atomic E-state index is 0.291. The van der Waals surface area contributed by atoms with E-state index in [0.717, 1.165) is 35.7 Å². The van der Waals surface area contributed by atoms with Crippen molar-refractivity contribution in [2.45, 2.75) is 19.9 Å². The average Bonchev–Trinajstić information content (AvgIpc) is 3.08. The second-order valence-corrected chi connectivity index (χ2v) is 8.14. The van der Waals surface area contributed by atoms with Crippen molar-refractivity contribution < 1.29 is 0 Å². The molecule has 0 aliphatic carbocycles. The lowest BCUT2D eigenvalue weighted by Gasteiger charge is -2.22. The molecule has 1 aromatic carbocycles. The average molecular weight is 366 g/mol. The third kappa shape index (κ3) is 3.54. The van der Waals surface area contributed by atoms with E-state index in [-0.39, 0.29) is 0 Å². The van der Waals surface area contributed by atoms with E-state index in [1.54, 1.807) is 11.3 Å². The molecule has 2 heterocycles. The van der Waals surface area contributed by atoms with E-state index in [4.69, 9.17) is 5.73 Å². The van der Waals surface area contributed by atoms with Crippen LogP contribution in [0.5, 0.6) is 0 Å². The van der Waals surface area contributed by atoms with E-state index in [1.165, 1.54) is 16.9 Å². The van der Waals surface area contributed by atoms with Crippen molar-refractivity contribution in [3.05, 3.63) is 39.8 Å². The Kier molecular flexibility index (Phi) is 4.45. The van der Waals surface area contributed by atoms with E-state index < -0.39 is 0 Å². The zero-order chi connectivity index (χ0) is 14.9. The zero-order valence-electron chi connectivity index (χ0n) is 12.2. The molecule has 1 fully saturated rings. The van der Waals surface area contributed by atoms with Gasteiger partial charge in [0.1, 0.15) is 5.01 Å². The summed E-state index contributed by atoms with van der Waals surface area (Å²) in [5.74, 6) is 0. The summed E-state index contributed by atoms with van der Waals surface area (Å²) < 4.78 is 1.10. The van der Waals surface area contributed by atoms with Crippen LogP contribution in [0.15, 0.2) is 34.9 Å². The Balaban J connectivity index is 1.67. The first-order valence-corrected chi connectivity index (χ1v) is 8.82. The van der Waals surface area contributed by atoms with Gasteiger partial charge in [-0.25, -0.2) is 4.98 Å². The summed E-state index contributed by atoms with van der Waals surface area (Å²) in [4.78, 5) is 8.39.